The summed E-state index contributed by atoms with van der Waals surface area (Å²) in [7, 11) is 1.66. The number of pyridine rings is 1. The molecule has 0 bridgehead atoms. The zero-order valence-corrected chi connectivity index (χ0v) is 31.4. The molecule has 3 heterocycles. The highest BCUT2D eigenvalue weighted by molar-refractivity contribution is 6.16. The maximum Gasteiger partial charge on any atom is 0.303 e. The van der Waals surface area contributed by atoms with Crippen LogP contribution in [0.2, 0.25) is 0 Å². The zero-order valence-electron chi connectivity index (χ0n) is 31.4. The van der Waals surface area contributed by atoms with E-state index >= 15 is 0 Å². The summed E-state index contributed by atoms with van der Waals surface area (Å²) in [6.45, 7) is 3.86. The third-order valence-electron chi connectivity index (χ3n) is 11.2. The van der Waals surface area contributed by atoms with Gasteiger partial charge in [-0.25, -0.2) is 4.39 Å². The van der Waals surface area contributed by atoms with Gasteiger partial charge in [-0.2, -0.15) is 0 Å². The van der Waals surface area contributed by atoms with Gasteiger partial charge in [0.15, 0.2) is 0 Å². The number of methoxy groups -OCH3 is 1. The van der Waals surface area contributed by atoms with Crippen LogP contribution in [0.25, 0.3) is 10.9 Å². The van der Waals surface area contributed by atoms with Gasteiger partial charge in [0.05, 0.1) is 18.3 Å². The van der Waals surface area contributed by atoms with Crippen molar-refractivity contribution < 1.29 is 38.1 Å². The molecule has 56 heavy (non-hydrogen) atoms. The van der Waals surface area contributed by atoms with E-state index in [2.05, 4.69) is 30.7 Å². The molecule has 3 amide bonds. The van der Waals surface area contributed by atoms with Crippen molar-refractivity contribution in [3.05, 3.63) is 78.7 Å². The zero-order chi connectivity index (χ0) is 39.2. The van der Waals surface area contributed by atoms with Gasteiger partial charge in [0.1, 0.15) is 28.5 Å². The van der Waals surface area contributed by atoms with E-state index in [0.717, 1.165) is 74.2 Å². The van der Waals surface area contributed by atoms with Gasteiger partial charge in [0.25, 0.3) is 0 Å². The Morgan fingerprint density at radius 2 is 1.50 bits per heavy atom. The van der Waals surface area contributed by atoms with Crippen LogP contribution < -0.4 is 30.3 Å². The van der Waals surface area contributed by atoms with Crippen molar-refractivity contribution in [3.63, 3.8) is 0 Å². The molecule has 0 unspecified atom stereocenters. The van der Waals surface area contributed by atoms with E-state index in [1.165, 1.54) is 24.3 Å². The Bertz CT molecular complexity index is 2060. The second-order valence-electron chi connectivity index (χ2n) is 14.8. The number of ether oxygens (including phenoxy) is 2. The number of nitrogens with one attached hydrogen (secondary N) is 3. The first kappa shape index (κ1) is 38.5. The fourth-order valence-corrected chi connectivity index (χ4v) is 7.68. The van der Waals surface area contributed by atoms with E-state index in [0.29, 0.717) is 54.7 Å². The minimum atomic E-state index is -1.17. The van der Waals surface area contributed by atoms with Crippen molar-refractivity contribution in [2.75, 3.05) is 55.4 Å². The molecule has 14 heteroatoms. The number of carbonyl (C=O) groups excluding carboxylic acids is 3. The molecule has 0 spiro atoms. The van der Waals surface area contributed by atoms with Crippen molar-refractivity contribution >= 4 is 51.7 Å². The smallest absolute Gasteiger partial charge is 0.303 e. The first-order valence-electron chi connectivity index (χ1n) is 19.2. The third kappa shape index (κ3) is 8.86. The third-order valence-corrected chi connectivity index (χ3v) is 11.2. The Labute approximate surface area is 324 Å². The largest absolute Gasteiger partial charge is 0.495 e. The number of hydrogen-bond donors (Lipinski definition) is 4. The van der Waals surface area contributed by atoms with E-state index in [9.17, 15) is 23.6 Å². The van der Waals surface area contributed by atoms with Gasteiger partial charge in [-0.3, -0.25) is 24.2 Å². The molecule has 1 saturated carbocycles. The lowest BCUT2D eigenvalue weighted by Gasteiger charge is -2.42. The van der Waals surface area contributed by atoms with Gasteiger partial charge >= 0.3 is 5.97 Å². The van der Waals surface area contributed by atoms with Crippen molar-refractivity contribution in [1.82, 2.24) is 15.2 Å². The van der Waals surface area contributed by atoms with Gasteiger partial charge in [-0.15, -0.1) is 0 Å². The number of rotatable bonds is 14. The molecule has 3 fully saturated rings. The monoisotopic (exact) mass is 766 g/mol. The van der Waals surface area contributed by atoms with Crippen LogP contribution in [0, 0.1) is 17.2 Å². The summed E-state index contributed by atoms with van der Waals surface area (Å²) in [4.78, 5) is 58.9. The predicted molar refractivity (Wildman–Crippen MR) is 210 cm³/mol. The Morgan fingerprint density at radius 1 is 0.857 bits per heavy atom. The number of anilines is 3. The second-order valence-corrected chi connectivity index (χ2v) is 14.8. The number of hydrogen-bond acceptors (Lipinski definition) is 9. The number of amides is 3. The second kappa shape index (κ2) is 16.9. The molecule has 1 aliphatic carbocycles. The average molecular weight is 767 g/mol. The molecule has 2 saturated heterocycles. The summed E-state index contributed by atoms with van der Waals surface area (Å²) in [5.41, 5.74) is 1.52. The Balaban J connectivity index is 0.928. The number of carboxylic acid groups (broad SMARTS) is 1. The van der Waals surface area contributed by atoms with Gasteiger partial charge < -0.3 is 40.3 Å². The number of likely N-dealkylation sites (tertiary alicyclic amines) is 1. The summed E-state index contributed by atoms with van der Waals surface area (Å²) in [6.07, 6.45) is 6.66. The molecule has 3 aromatic carbocycles. The number of aliphatic carboxylic acids is 1. The number of fused-ring (bicyclic) bond motifs is 1. The van der Waals surface area contributed by atoms with Crippen molar-refractivity contribution in [1.29, 1.82) is 0 Å². The molecule has 0 radical (unpaired) electrons. The number of piperidine rings is 2. The number of aromatic nitrogens is 1. The highest BCUT2D eigenvalue weighted by Crippen LogP contribution is 2.47. The number of benzene rings is 3. The molecular weight excluding hydrogens is 719 g/mol. The quantitative estimate of drug-likeness (QED) is 0.0860. The average Bonchev–Trinajstić information content (AvgIpc) is 4.04. The van der Waals surface area contributed by atoms with Crippen LogP contribution in [0.5, 0.6) is 17.2 Å². The van der Waals surface area contributed by atoms with Crippen LogP contribution in [-0.2, 0) is 19.2 Å². The van der Waals surface area contributed by atoms with Crippen molar-refractivity contribution in [3.8, 4) is 17.2 Å². The van der Waals surface area contributed by atoms with Gasteiger partial charge in [0, 0.05) is 61.0 Å². The molecule has 4 aromatic rings. The fraction of sp³-hybridized carbons (Fsp3) is 0.405. The Hall–Kier alpha value is -5.76. The SMILES string of the molecule is COc1cc2c(Oc3ccc(NC(=O)C4(C(=O)Nc5ccc(F)cc5)CC4)cc3)ccnc2cc1N1CCC(N2CCC(C(=O)NCCCC(=O)O)CC2)CC1. The maximum absolute atomic E-state index is 13.3. The Kier molecular flexibility index (Phi) is 11.7. The standard InChI is InChI=1S/C42H47FN6O7/c1-55-37-25-33-34(26-35(37)49-23-15-31(16-24-49)48-21-13-27(14-22-48)39(52)45-19-2-3-38(50)51)44-20-12-36(33)56-32-10-8-30(9-11-32)47-41(54)42(17-18-42)40(53)46-29-6-4-28(43)5-7-29/h4-12,20,25-27,31H,2-3,13-19,21-24H2,1H3,(H,45,52)(H,46,53)(H,47,54)(H,50,51). The van der Waals surface area contributed by atoms with Crippen LogP contribution in [0.15, 0.2) is 72.9 Å². The minimum Gasteiger partial charge on any atom is -0.495 e. The molecule has 0 atom stereocenters. The van der Waals surface area contributed by atoms with Crippen molar-refractivity contribution in [2.45, 2.75) is 57.4 Å². The van der Waals surface area contributed by atoms with E-state index in [4.69, 9.17) is 14.6 Å². The molecule has 7 rings (SSSR count). The lowest BCUT2D eigenvalue weighted by Crippen LogP contribution is -2.49. The summed E-state index contributed by atoms with van der Waals surface area (Å²) in [5.74, 6) is -0.188. The fourth-order valence-electron chi connectivity index (χ4n) is 7.68. The summed E-state index contributed by atoms with van der Waals surface area (Å²) in [5, 5.41) is 18.1. The molecule has 3 aliphatic rings. The van der Waals surface area contributed by atoms with Crippen LogP contribution >= 0.6 is 0 Å². The molecule has 13 nitrogen and oxygen atoms in total. The molecule has 2 aliphatic heterocycles. The van der Waals surface area contributed by atoms with E-state index in [1.54, 1.807) is 43.6 Å². The van der Waals surface area contributed by atoms with Gasteiger partial charge in [-0.05, 0) is 125 Å². The summed E-state index contributed by atoms with van der Waals surface area (Å²) in [6, 6.07) is 18.6. The summed E-state index contributed by atoms with van der Waals surface area (Å²) >= 11 is 0. The lowest BCUT2D eigenvalue weighted by atomic mass is 9.92. The van der Waals surface area contributed by atoms with Crippen molar-refractivity contribution in [2.24, 2.45) is 11.3 Å². The van der Waals surface area contributed by atoms with Crippen LogP contribution in [0.1, 0.15) is 51.4 Å². The van der Waals surface area contributed by atoms with Gasteiger partial charge in [0.2, 0.25) is 17.7 Å². The predicted octanol–water partition coefficient (Wildman–Crippen LogP) is 6.19. The lowest BCUT2D eigenvalue weighted by molar-refractivity contribution is -0.137. The topological polar surface area (TPSA) is 162 Å². The maximum atomic E-state index is 13.3. The van der Waals surface area contributed by atoms with E-state index < -0.39 is 29.0 Å². The first-order valence-corrected chi connectivity index (χ1v) is 19.2. The van der Waals surface area contributed by atoms with Crippen LogP contribution in [0.3, 0.4) is 0 Å². The van der Waals surface area contributed by atoms with E-state index in [1.807, 2.05) is 12.1 Å². The summed E-state index contributed by atoms with van der Waals surface area (Å²) < 4.78 is 25.5. The number of carboxylic acids is 1. The minimum absolute atomic E-state index is 0.0239. The number of nitrogens with zero attached hydrogens (tertiary/aromatic N) is 3. The number of halogens is 1. The highest BCUT2D eigenvalue weighted by atomic mass is 19.1. The van der Waals surface area contributed by atoms with E-state index in [-0.39, 0.29) is 18.2 Å². The van der Waals surface area contributed by atoms with Gasteiger partial charge in [-0.1, -0.05) is 0 Å². The highest BCUT2D eigenvalue weighted by Gasteiger charge is 2.56. The Morgan fingerprint density at radius 3 is 2.11 bits per heavy atom. The molecule has 4 N–H and O–H groups in total. The molecule has 1 aromatic heterocycles. The first-order chi connectivity index (χ1) is 27.1. The van der Waals surface area contributed by atoms with Crippen LogP contribution in [0.4, 0.5) is 21.5 Å². The normalized spacial score (nSPS) is 17.2. The van der Waals surface area contributed by atoms with Crippen LogP contribution in [-0.4, -0.2) is 84.6 Å². The number of carbonyl (C=O) groups is 4. The molecular formula is C42H47FN6O7. The molecule has 294 valence electrons.